The van der Waals surface area contributed by atoms with Gasteiger partial charge in [-0.25, -0.2) is 5.06 Å². The van der Waals surface area contributed by atoms with E-state index in [1.165, 1.54) is 26.4 Å². The second-order valence-electron chi connectivity index (χ2n) is 8.45. The lowest BCUT2D eigenvalue weighted by molar-refractivity contribution is -0.0571. The third-order valence-corrected chi connectivity index (χ3v) is 6.02. The Morgan fingerprint density at radius 1 is 0.973 bits per heavy atom. The molecule has 9 heteroatoms. The predicted molar refractivity (Wildman–Crippen MR) is 140 cm³/mol. The summed E-state index contributed by atoms with van der Waals surface area (Å²) in [6, 6.07) is 19.0. The van der Waals surface area contributed by atoms with Gasteiger partial charge < -0.3 is 19.8 Å². The molecule has 3 N–H and O–H groups in total. The van der Waals surface area contributed by atoms with Crippen LogP contribution < -0.4 is 20.3 Å². The Morgan fingerprint density at radius 3 is 2.38 bits per heavy atom. The number of aromatic amines is 1. The van der Waals surface area contributed by atoms with E-state index in [0.717, 1.165) is 5.56 Å². The quantitative estimate of drug-likeness (QED) is 0.246. The van der Waals surface area contributed by atoms with E-state index in [1.807, 2.05) is 30.3 Å². The summed E-state index contributed by atoms with van der Waals surface area (Å²) in [4.78, 5) is 41.2. The van der Waals surface area contributed by atoms with Crippen LogP contribution in [0.3, 0.4) is 0 Å². The first kappa shape index (κ1) is 25.5. The fourth-order valence-corrected chi connectivity index (χ4v) is 3.91. The van der Waals surface area contributed by atoms with Crippen molar-refractivity contribution < 1.29 is 24.3 Å². The van der Waals surface area contributed by atoms with Gasteiger partial charge in [0, 0.05) is 22.7 Å². The highest BCUT2D eigenvalue weighted by Gasteiger charge is 2.18. The van der Waals surface area contributed by atoms with Gasteiger partial charge >= 0.3 is 0 Å². The summed E-state index contributed by atoms with van der Waals surface area (Å²) in [6.07, 6.45) is 0.486. The van der Waals surface area contributed by atoms with Gasteiger partial charge in [0.2, 0.25) is 0 Å². The second-order valence-corrected chi connectivity index (χ2v) is 8.45. The molecule has 190 valence electrons. The number of amides is 2. The smallest absolute Gasteiger partial charge is 0.277 e. The fraction of sp³-hybridized carbons (Fsp3) is 0.179. The Morgan fingerprint density at radius 2 is 1.68 bits per heavy atom. The van der Waals surface area contributed by atoms with E-state index in [9.17, 15) is 19.6 Å². The van der Waals surface area contributed by atoms with Crippen molar-refractivity contribution in [1.29, 1.82) is 0 Å². The van der Waals surface area contributed by atoms with Gasteiger partial charge in [0.15, 0.2) is 11.5 Å². The molecule has 4 aromatic rings. The average Bonchev–Trinajstić information content (AvgIpc) is 2.91. The van der Waals surface area contributed by atoms with Gasteiger partial charge in [0.1, 0.15) is 5.56 Å². The topological polar surface area (TPSA) is 121 Å². The van der Waals surface area contributed by atoms with Crippen LogP contribution in [0.15, 0.2) is 71.5 Å². The zero-order chi connectivity index (χ0) is 26.5. The van der Waals surface area contributed by atoms with E-state index in [2.05, 4.69) is 10.3 Å². The first-order chi connectivity index (χ1) is 17.8. The monoisotopic (exact) mass is 501 g/mol. The number of hydroxylamine groups is 2. The van der Waals surface area contributed by atoms with Gasteiger partial charge in [-0.15, -0.1) is 0 Å². The lowest BCUT2D eigenvalue weighted by Gasteiger charge is -2.16. The molecule has 4 rings (SSSR count). The maximum absolute atomic E-state index is 13.1. The van der Waals surface area contributed by atoms with Crippen molar-refractivity contribution in [2.24, 2.45) is 0 Å². The van der Waals surface area contributed by atoms with Crippen molar-refractivity contribution in [3.05, 3.63) is 99.3 Å². The Balaban J connectivity index is 1.54. The van der Waals surface area contributed by atoms with E-state index in [1.54, 1.807) is 31.2 Å². The molecule has 0 saturated carbocycles. The Bertz CT molecular complexity index is 1510. The molecule has 0 fully saturated rings. The number of aryl methyl sites for hydroxylation is 1. The highest BCUT2D eigenvalue weighted by atomic mass is 16.5. The molecule has 1 heterocycles. The van der Waals surface area contributed by atoms with Crippen LogP contribution in [0.5, 0.6) is 11.5 Å². The molecule has 0 bridgehead atoms. The molecule has 2 amide bonds. The molecule has 0 aliphatic heterocycles. The summed E-state index contributed by atoms with van der Waals surface area (Å²) in [5, 5.41) is 14.2. The number of hydrogen-bond acceptors (Lipinski definition) is 6. The predicted octanol–water partition coefficient (Wildman–Crippen LogP) is 4.18. The molecule has 0 aliphatic rings. The Kier molecular flexibility index (Phi) is 7.55. The maximum Gasteiger partial charge on any atom is 0.277 e. The number of aromatic nitrogens is 1. The standard InChI is InChI=1S/C28H27N3O6/c1-17-9-10-19(28(34)31(35)12-11-18-7-5-4-6-8-18)14-22(17)29-26(32)21-13-20-15-24(36-2)25(37-3)16-23(20)30-27(21)33/h4-10,13-16,35H,11-12H2,1-3H3,(H,29,32)(H,30,33). The third-order valence-electron chi connectivity index (χ3n) is 6.02. The molecule has 37 heavy (non-hydrogen) atoms. The van der Waals surface area contributed by atoms with Crippen molar-refractivity contribution in [1.82, 2.24) is 10.0 Å². The average molecular weight is 502 g/mol. The van der Waals surface area contributed by atoms with Gasteiger partial charge in [-0.1, -0.05) is 36.4 Å². The number of rotatable bonds is 8. The number of hydrogen-bond donors (Lipinski definition) is 3. The minimum absolute atomic E-state index is 0.109. The lowest BCUT2D eigenvalue weighted by Crippen LogP contribution is -2.29. The van der Waals surface area contributed by atoms with Crippen LogP contribution in [0.2, 0.25) is 0 Å². The van der Waals surface area contributed by atoms with Crippen molar-refractivity contribution >= 4 is 28.4 Å². The van der Waals surface area contributed by atoms with Crippen molar-refractivity contribution in [2.45, 2.75) is 13.3 Å². The van der Waals surface area contributed by atoms with Gasteiger partial charge in [-0.2, -0.15) is 0 Å². The lowest BCUT2D eigenvalue weighted by atomic mass is 10.1. The summed E-state index contributed by atoms with van der Waals surface area (Å²) in [5.74, 6) is -0.343. The van der Waals surface area contributed by atoms with Gasteiger partial charge in [0.25, 0.3) is 17.4 Å². The number of ether oxygens (including phenoxy) is 2. The van der Waals surface area contributed by atoms with Crippen LogP contribution in [0.1, 0.15) is 31.8 Å². The SMILES string of the molecule is COc1cc2cc(C(=O)Nc3cc(C(=O)N(O)CCc4ccccc4)ccc3C)c(=O)[nH]c2cc1OC. The molecule has 0 unspecified atom stereocenters. The molecule has 0 saturated heterocycles. The second kappa shape index (κ2) is 11.0. The molecule has 0 spiro atoms. The number of pyridine rings is 1. The van der Waals surface area contributed by atoms with Crippen LogP contribution in [0.4, 0.5) is 5.69 Å². The number of methoxy groups -OCH3 is 2. The van der Waals surface area contributed by atoms with Crippen molar-refractivity contribution in [3.63, 3.8) is 0 Å². The number of fused-ring (bicyclic) bond motifs is 1. The zero-order valence-electron chi connectivity index (χ0n) is 20.7. The molecule has 3 aromatic carbocycles. The van der Waals surface area contributed by atoms with Crippen molar-refractivity contribution in [2.75, 3.05) is 26.1 Å². The Hall–Kier alpha value is -4.63. The number of carbonyl (C=O) groups is 2. The van der Waals surface area contributed by atoms with Crippen LogP contribution in [-0.2, 0) is 6.42 Å². The number of nitrogens with one attached hydrogen (secondary N) is 2. The molecule has 0 atom stereocenters. The fourth-order valence-electron chi connectivity index (χ4n) is 3.91. The van der Waals surface area contributed by atoms with Crippen LogP contribution in [-0.4, -0.2) is 47.8 Å². The Labute approximate surface area is 213 Å². The van der Waals surface area contributed by atoms with Crippen LogP contribution in [0.25, 0.3) is 10.9 Å². The van der Waals surface area contributed by atoms with Crippen molar-refractivity contribution in [3.8, 4) is 11.5 Å². The minimum Gasteiger partial charge on any atom is -0.493 e. The van der Waals surface area contributed by atoms with E-state index in [4.69, 9.17) is 9.47 Å². The minimum atomic E-state index is -0.643. The summed E-state index contributed by atoms with van der Waals surface area (Å²) in [6.45, 7) is 1.87. The number of benzene rings is 3. The van der Waals surface area contributed by atoms with Gasteiger partial charge in [-0.05, 0) is 48.7 Å². The zero-order valence-corrected chi connectivity index (χ0v) is 20.7. The molecular weight excluding hydrogens is 474 g/mol. The molecule has 9 nitrogen and oxygen atoms in total. The number of nitrogens with zero attached hydrogens (tertiary/aromatic N) is 1. The summed E-state index contributed by atoms with van der Waals surface area (Å²) in [5.41, 5.74) is 2.01. The first-order valence-corrected chi connectivity index (χ1v) is 11.6. The number of anilines is 1. The van der Waals surface area contributed by atoms with E-state index >= 15 is 0 Å². The summed E-state index contributed by atoms with van der Waals surface area (Å²) >= 11 is 0. The number of carbonyl (C=O) groups excluding carboxylic acids is 2. The van der Waals surface area contributed by atoms with Crippen LogP contribution in [0, 0.1) is 6.92 Å². The highest BCUT2D eigenvalue weighted by Crippen LogP contribution is 2.31. The molecule has 0 aliphatic carbocycles. The molecule has 0 radical (unpaired) electrons. The summed E-state index contributed by atoms with van der Waals surface area (Å²) < 4.78 is 10.6. The van der Waals surface area contributed by atoms with Gasteiger partial charge in [0.05, 0.1) is 26.3 Å². The normalized spacial score (nSPS) is 10.7. The third kappa shape index (κ3) is 5.62. The highest BCUT2D eigenvalue weighted by molar-refractivity contribution is 6.07. The molecule has 1 aromatic heterocycles. The van der Waals surface area contributed by atoms with E-state index < -0.39 is 17.4 Å². The largest absolute Gasteiger partial charge is 0.493 e. The van der Waals surface area contributed by atoms with E-state index in [-0.39, 0.29) is 17.7 Å². The van der Waals surface area contributed by atoms with Gasteiger partial charge in [-0.3, -0.25) is 19.6 Å². The number of H-pyrrole nitrogens is 1. The molecular formula is C28H27N3O6. The van der Waals surface area contributed by atoms with Crippen LogP contribution >= 0.6 is 0 Å². The first-order valence-electron chi connectivity index (χ1n) is 11.6. The maximum atomic E-state index is 13.1. The summed E-state index contributed by atoms with van der Waals surface area (Å²) in [7, 11) is 2.99. The van der Waals surface area contributed by atoms with E-state index in [0.29, 0.717) is 45.1 Å².